The van der Waals surface area contributed by atoms with Gasteiger partial charge < -0.3 is 16.2 Å². The Morgan fingerprint density at radius 1 is 1.37 bits per heavy atom. The third-order valence-electron chi connectivity index (χ3n) is 2.66. The largest absolute Gasteiger partial charge is 0.378 e. The molecule has 100 valence electrons. The van der Waals surface area contributed by atoms with Crippen LogP contribution in [0.25, 0.3) is 0 Å². The van der Waals surface area contributed by atoms with Gasteiger partial charge in [0.25, 0.3) is 0 Å². The summed E-state index contributed by atoms with van der Waals surface area (Å²) in [6.45, 7) is -0.105. The molecule has 19 heavy (non-hydrogen) atoms. The summed E-state index contributed by atoms with van der Waals surface area (Å²) in [5.41, 5.74) is 4.20. The van der Waals surface area contributed by atoms with Gasteiger partial charge in [-0.3, -0.25) is 9.59 Å². The lowest BCUT2D eigenvalue weighted by molar-refractivity contribution is -0.137. The van der Waals surface area contributed by atoms with E-state index in [0.29, 0.717) is 10.4 Å². The molecule has 2 rings (SSSR count). The first-order valence-electron chi connectivity index (χ1n) is 5.40. The van der Waals surface area contributed by atoms with E-state index in [1.54, 1.807) is 17.5 Å². The predicted octanol–water partition coefficient (Wildman–Crippen LogP) is 0.647. The van der Waals surface area contributed by atoms with Gasteiger partial charge in [-0.15, -0.1) is 11.3 Å². The van der Waals surface area contributed by atoms with Crippen LogP contribution in [0, 0.1) is 0 Å². The highest BCUT2D eigenvalue weighted by molar-refractivity contribution is 7.10. The van der Waals surface area contributed by atoms with Crippen LogP contribution in [0.15, 0.2) is 34.3 Å². The highest BCUT2D eigenvalue weighted by Gasteiger charge is 2.34. The van der Waals surface area contributed by atoms with Gasteiger partial charge in [-0.25, -0.2) is 0 Å². The zero-order valence-electron chi connectivity index (χ0n) is 9.83. The van der Waals surface area contributed by atoms with E-state index >= 15 is 0 Å². The van der Waals surface area contributed by atoms with Crippen molar-refractivity contribution in [3.05, 3.63) is 44.8 Å². The highest BCUT2D eigenvalue weighted by Crippen LogP contribution is 2.33. The number of primary amides is 1. The molecule has 2 amide bonds. The maximum atomic E-state index is 11.2. The Hall–Kier alpha value is -1.70. The van der Waals surface area contributed by atoms with Gasteiger partial charge in [0.05, 0.1) is 6.54 Å². The van der Waals surface area contributed by atoms with Crippen molar-refractivity contribution in [3.63, 3.8) is 0 Å². The van der Waals surface area contributed by atoms with Gasteiger partial charge in [0.15, 0.2) is 0 Å². The molecular formula is C12H12N2O3S2. The number of aliphatic hydroxyl groups is 1. The fourth-order valence-corrected chi connectivity index (χ4v) is 3.21. The first-order chi connectivity index (χ1) is 9.04. The number of thiophene rings is 2. The van der Waals surface area contributed by atoms with Crippen molar-refractivity contribution in [2.45, 2.75) is 5.60 Å². The van der Waals surface area contributed by atoms with E-state index in [1.807, 2.05) is 16.8 Å². The molecule has 7 heteroatoms. The zero-order chi connectivity index (χ0) is 13.9. The molecule has 0 aliphatic rings. The summed E-state index contributed by atoms with van der Waals surface area (Å²) in [5, 5.41) is 18.6. The van der Waals surface area contributed by atoms with E-state index in [1.165, 1.54) is 22.7 Å². The van der Waals surface area contributed by atoms with Gasteiger partial charge in [-0.2, -0.15) is 11.3 Å². The average molecular weight is 296 g/mol. The summed E-state index contributed by atoms with van der Waals surface area (Å²) in [6, 6.07) is 5.37. The van der Waals surface area contributed by atoms with Gasteiger partial charge in [0, 0.05) is 10.4 Å². The van der Waals surface area contributed by atoms with Crippen molar-refractivity contribution >= 4 is 34.5 Å². The fraction of sp³-hybridized carbons (Fsp3) is 0.167. The molecule has 0 saturated heterocycles. The molecule has 0 spiro atoms. The normalized spacial score (nSPS) is 13.7. The minimum absolute atomic E-state index is 0.105. The van der Waals surface area contributed by atoms with E-state index in [9.17, 15) is 14.7 Å². The van der Waals surface area contributed by atoms with Crippen LogP contribution in [0.4, 0.5) is 0 Å². The van der Waals surface area contributed by atoms with Crippen LogP contribution in [0.1, 0.15) is 10.4 Å². The Morgan fingerprint density at radius 3 is 2.68 bits per heavy atom. The molecule has 4 N–H and O–H groups in total. The second-order valence-electron chi connectivity index (χ2n) is 3.90. The molecule has 0 aromatic carbocycles. The first kappa shape index (κ1) is 13.7. The van der Waals surface area contributed by atoms with Gasteiger partial charge in [0.1, 0.15) is 5.60 Å². The van der Waals surface area contributed by atoms with Gasteiger partial charge in [-0.05, 0) is 28.3 Å². The maximum absolute atomic E-state index is 11.2. The number of carbonyl (C=O) groups is 2. The molecule has 0 saturated carbocycles. The monoisotopic (exact) mass is 296 g/mol. The van der Waals surface area contributed by atoms with E-state index in [4.69, 9.17) is 5.73 Å². The van der Waals surface area contributed by atoms with Crippen LogP contribution >= 0.6 is 22.7 Å². The molecule has 0 radical (unpaired) electrons. The number of nitrogens with two attached hydrogens (primary N) is 1. The van der Waals surface area contributed by atoms with E-state index in [0.717, 1.165) is 0 Å². The first-order valence-corrected chi connectivity index (χ1v) is 7.23. The Balaban J connectivity index is 2.26. The minimum atomic E-state index is -1.35. The van der Waals surface area contributed by atoms with Crippen LogP contribution < -0.4 is 11.1 Å². The smallest absolute Gasteiger partial charge is 0.309 e. The third-order valence-corrected chi connectivity index (χ3v) is 4.36. The van der Waals surface area contributed by atoms with Crippen LogP contribution in [0.5, 0.6) is 0 Å². The second kappa shape index (κ2) is 5.52. The number of carbonyl (C=O) groups excluding carboxylic acids is 2. The van der Waals surface area contributed by atoms with Crippen LogP contribution in [-0.2, 0) is 15.2 Å². The Kier molecular flexibility index (Phi) is 3.98. The molecule has 2 heterocycles. The third kappa shape index (κ3) is 2.83. The van der Waals surface area contributed by atoms with Crippen molar-refractivity contribution in [1.82, 2.24) is 5.32 Å². The number of rotatable bonds is 4. The summed E-state index contributed by atoms with van der Waals surface area (Å²) in [7, 11) is 0. The Bertz CT molecular complexity index is 530. The van der Waals surface area contributed by atoms with Crippen molar-refractivity contribution in [3.8, 4) is 0 Å². The number of hydrogen-bond acceptors (Lipinski definition) is 5. The summed E-state index contributed by atoms with van der Waals surface area (Å²) < 4.78 is 0. The van der Waals surface area contributed by atoms with Gasteiger partial charge in [-0.1, -0.05) is 6.07 Å². The van der Waals surface area contributed by atoms with Crippen molar-refractivity contribution < 1.29 is 14.7 Å². The molecule has 1 atom stereocenters. The van der Waals surface area contributed by atoms with Gasteiger partial charge in [0.2, 0.25) is 0 Å². The molecule has 0 unspecified atom stereocenters. The lowest BCUT2D eigenvalue weighted by Crippen LogP contribution is -2.45. The molecule has 0 fully saturated rings. The quantitative estimate of drug-likeness (QED) is 0.723. The van der Waals surface area contributed by atoms with Crippen LogP contribution in [0.2, 0.25) is 0 Å². The Morgan fingerprint density at radius 2 is 2.16 bits per heavy atom. The minimum Gasteiger partial charge on any atom is -0.378 e. The standard InChI is InChI=1S/C12H12N2O3S2/c13-10(15)11(16)14-7-12(17,8-3-5-18-6-8)9-2-1-4-19-9/h1-6,17H,7H2,(H2,13,15)(H,14,16)/t12-/m1/s1. The average Bonchev–Trinajstić information content (AvgIpc) is 3.06. The number of amides is 2. The van der Waals surface area contributed by atoms with E-state index in [2.05, 4.69) is 5.32 Å². The topological polar surface area (TPSA) is 92.4 Å². The summed E-state index contributed by atoms with van der Waals surface area (Å²) in [6.07, 6.45) is 0. The van der Waals surface area contributed by atoms with Crippen molar-refractivity contribution in [2.75, 3.05) is 6.54 Å². The molecular weight excluding hydrogens is 284 g/mol. The summed E-state index contributed by atoms with van der Waals surface area (Å²) >= 11 is 2.82. The maximum Gasteiger partial charge on any atom is 0.309 e. The zero-order valence-corrected chi connectivity index (χ0v) is 11.5. The Labute approximate surface area is 117 Å². The lowest BCUT2D eigenvalue weighted by Gasteiger charge is -2.26. The molecule has 5 nitrogen and oxygen atoms in total. The van der Waals surface area contributed by atoms with E-state index < -0.39 is 17.4 Å². The molecule has 0 aliphatic carbocycles. The number of hydrogen-bond donors (Lipinski definition) is 3. The van der Waals surface area contributed by atoms with Gasteiger partial charge >= 0.3 is 11.8 Å². The van der Waals surface area contributed by atoms with Crippen molar-refractivity contribution in [1.29, 1.82) is 0 Å². The second-order valence-corrected chi connectivity index (χ2v) is 5.62. The SMILES string of the molecule is NC(=O)C(=O)NC[C@@](O)(c1ccsc1)c1cccs1. The molecule has 0 bridgehead atoms. The predicted molar refractivity (Wildman–Crippen MR) is 73.8 cm³/mol. The highest BCUT2D eigenvalue weighted by atomic mass is 32.1. The molecule has 2 aromatic rings. The molecule has 2 aromatic heterocycles. The summed E-state index contributed by atoms with van der Waals surface area (Å²) in [4.78, 5) is 22.7. The van der Waals surface area contributed by atoms with Crippen molar-refractivity contribution in [2.24, 2.45) is 5.73 Å². The van der Waals surface area contributed by atoms with E-state index in [-0.39, 0.29) is 6.54 Å². The van der Waals surface area contributed by atoms with Crippen LogP contribution in [-0.4, -0.2) is 23.5 Å². The lowest BCUT2D eigenvalue weighted by atomic mass is 9.94. The summed E-state index contributed by atoms with van der Waals surface area (Å²) in [5.74, 6) is -1.98. The van der Waals surface area contributed by atoms with Crippen LogP contribution in [0.3, 0.4) is 0 Å². The number of nitrogens with one attached hydrogen (secondary N) is 1. The molecule has 0 aliphatic heterocycles. The fourth-order valence-electron chi connectivity index (χ4n) is 1.64.